The molecule has 0 atom stereocenters. The number of aromatic nitrogens is 3. The van der Waals surface area contributed by atoms with Crippen molar-refractivity contribution in [1.82, 2.24) is 14.6 Å². The zero-order valence-corrected chi connectivity index (χ0v) is 16.5. The minimum absolute atomic E-state index is 0.0249. The Bertz CT molecular complexity index is 958. The van der Waals surface area contributed by atoms with E-state index >= 15 is 0 Å². The fourth-order valence-electron chi connectivity index (χ4n) is 3.15. The van der Waals surface area contributed by atoms with Crippen LogP contribution in [0.15, 0.2) is 30.3 Å². The number of benzene rings is 1. The van der Waals surface area contributed by atoms with E-state index in [-0.39, 0.29) is 12.0 Å². The summed E-state index contributed by atoms with van der Waals surface area (Å²) >= 11 is 0. The Balaban J connectivity index is 1.64. The number of fused-ring (bicyclic) bond motifs is 1. The first-order valence-corrected chi connectivity index (χ1v) is 9.22. The lowest BCUT2D eigenvalue weighted by Gasteiger charge is -2.12. The van der Waals surface area contributed by atoms with Gasteiger partial charge in [-0.3, -0.25) is 4.79 Å². The van der Waals surface area contributed by atoms with Crippen molar-refractivity contribution in [2.24, 2.45) is 0 Å². The van der Waals surface area contributed by atoms with Gasteiger partial charge >= 0.3 is 0 Å². The lowest BCUT2D eigenvalue weighted by molar-refractivity contribution is -0.116. The molecular weight excluding hydrogens is 340 g/mol. The van der Waals surface area contributed by atoms with Crippen molar-refractivity contribution in [1.29, 1.82) is 0 Å². The molecule has 1 amide bonds. The van der Waals surface area contributed by atoms with Gasteiger partial charge in [-0.1, -0.05) is 0 Å². The molecule has 0 aliphatic rings. The summed E-state index contributed by atoms with van der Waals surface area (Å²) < 4.78 is 7.47. The van der Waals surface area contributed by atoms with Gasteiger partial charge in [-0.25, -0.2) is 9.50 Å². The van der Waals surface area contributed by atoms with Crippen molar-refractivity contribution in [2.45, 2.75) is 53.6 Å². The van der Waals surface area contributed by atoms with Gasteiger partial charge in [-0.15, -0.1) is 0 Å². The van der Waals surface area contributed by atoms with Crippen LogP contribution < -0.4 is 10.1 Å². The van der Waals surface area contributed by atoms with Crippen LogP contribution in [0, 0.1) is 20.8 Å². The summed E-state index contributed by atoms with van der Waals surface area (Å²) in [5.41, 5.74) is 5.60. The molecule has 142 valence electrons. The number of hydrogen-bond acceptors (Lipinski definition) is 4. The molecule has 0 unspecified atom stereocenters. The fourth-order valence-corrected chi connectivity index (χ4v) is 3.15. The highest BCUT2D eigenvalue weighted by atomic mass is 16.5. The molecule has 27 heavy (non-hydrogen) atoms. The Morgan fingerprint density at radius 2 is 1.89 bits per heavy atom. The molecule has 0 aliphatic carbocycles. The van der Waals surface area contributed by atoms with Crippen molar-refractivity contribution in [3.8, 4) is 5.75 Å². The van der Waals surface area contributed by atoms with Crippen molar-refractivity contribution in [3.63, 3.8) is 0 Å². The molecule has 0 saturated heterocycles. The SMILES string of the molecule is Cc1cc2nc(C)c(CCC(=O)Nc3ccc(OC(C)C)cc3)c(C)n2n1. The quantitative estimate of drug-likeness (QED) is 0.716. The monoisotopic (exact) mass is 366 g/mol. The van der Waals surface area contributed by atoms with Crippen LogP contribution in [0.5, 0.6) is 5.75 Å². The summed E-state index contributed by atoms with van der Waals surface area (Å²) in [4.78, 5) is 17.0. The summed E-state index contributed by atoms with van der Waals surface area (Å²) in [5.74, 6) is 0.770. The third kappa shape index (κ3) is 4.45. The largest absolute Gasteiger partial charge is 0.491 e. The molecule has 6 heteroatoms. The van der Waals surface area contributed by atoms with E-state index in [9.17, 15) is 4.79 Å². The summed E-state index contributed by atoms with van der Waals surface area (Å²) in [5, 5.41) is 7.42. The van der Waals surface area contributed by atoms with Crippen LogP contribution in [0.1, 0.15) is 42.9 Å². The molecule has 2 heterocycles. The highest BCUT2D eigenvalue weighted by molar-refractivity contribution is 5.90. The van der Waals surface area contributed by atoms with E-state index in [1.807, 2.05) is 69.5 Å². The van der Waals surface area contributed by atoms with Crippen LogP contribution in [0.25, 0.3) is 5.65 Å². The molecule has 0 spiro atoms. The molecule has 3 aromatic rings. The molecule has 2 aromatic heterocycles. The predicted octanol–water partition coefficient (Wildman–Crippen LogP) is 4.01. The number of hydrogen-bond donors (Lipinski definition) is 1. The summed E-state index contributed by atoms with van der Waals surface area (Å²) in [7, 11) is 0. The Morgan fingerprint density at radius 1 is 1.19 bits per heavy atom. The fraction of sp³-hybridized carbons (Fsp3) is 0.381. The van der Waals surface area contributed by atoms with E-state index < -0.39 is 0 Å². The third-order valence-corrected chi connectivity index (χ3v) is 4.40. The number of ether oxygens (including phenoxy) is 1. The minimum atomic E-state index is -0.0249. The Labute approximate surface area is 159 Å². The van der Waals surface area contributed by atoms with Crippen LogP contribution in [0.4, 0.5) is 5.69 Å². The van der Waals surface area contributed by atoms with Crippen LogP contribution in [-0.2, 0) is 11.2 Å². The van der Waals surface area contributed by atoms with Crippen LogP contribution in [0.2, 0.25) is 0 Å². The Hall–Kier alpha value is -2.89. The molecule has 3 rings (SSSR count). The zero-order chi connectivity index (χ0) is 19.6. The first-order valence-electron chi connectivity index (χ1n) is 9.22. The third-order valence-electron chi connectivity index (χ3n) is 4.40. The standard InChI is InChI=1S/C21H26N4O2/c1-13(2)27-18-8-6-17(7-9-18)23-21(26)11-10-19-15(4)22-20-12-14(3)24-25(20)16(19)5/h6-9,12-13H,10-11H2,1-5H3,(H,23,26). The highest BCUT2D eigenvalue weighted by Gasteiger charge is 2.13. The molecule has 0 fully saturated rings. The summed E-state index contributed by atoms with van der Waals surface area (Å²) in [6.07, 6.45) is 1.14. The van der Waals surface area contributed by atoms with Crippen LogP contribution >= 0.6 is 0 Å². The molecular formula is C21H26N4O2. The van der Waals surface area contributed by atoms with E-state index in [0.29, 0.717) is 12.8 Å². The zero-order valence-electron chi connectivity index (χ0n) is 16.5. The number of nitrogens with zero attached hydrogens (tertiary/aromatic N) is 3. The van der Waals surface area contributed by atoms with Gasteiger partial charge in [0.2, 0.25) is 5.91 Å². The maximum atomic E-state index is 12.4. The summed E-state index contributed by atoms with van der Waals surface area (Å²) in [6.45, 7) is 9.92. The minimum Gasteiger partial charge on any atom is -0.491 e. The Kier molecular flexibility index (Phi) is 5.44. The van der Waals surface area contributed by atoms with Crippen molar-refractivity contribution >= 4 is 17.2 Å². The molecule has 0 radical (unpaired) electrons. The molecule has 0 aliphatic heterocycles. The van der Waals surface area contributed by atoms with Gasteiger partial charge in [0.25, 0.3) is 0 Å². The average Bonchev–Trinajstić information content (AvgIpc) is 2.96. The van der Waals surface area contributed by atoms with Gasteiger partial charge in [0.05, 0.1) is 11.8 Å². The van der Waals surface area contributed by atoms with E-state index in [1.165, 1.54) is 0 Å². The number of carbonyl (C=O) groups is 1. The number of aryl methyl sites for hydroxylation is 3. The number of carbonyl (C=O) groups excluding carboxylic acids is 1. The smallest absolute Gasteiger partial charge is 0.224 e. The second-order valence-electron chi connectivity index (χ2n) is 7.06. The van der Waals surface area contributed by atoms with Crippen LogP contribution in [0.3, 0.4) is 0 Å². The lowest BCUT2D eigenvalue weighted by Crippen LogP contribution is -2.14. The van der Waals surface area contributed by atoms with Crippen molar-refractivity contribution in [3.05, 3.63) is 53.0 Å². The van der Waals surface area contributed by atoms with Gasteiger partial charge in [0.1, 0.15) is 5.75 Å². The first kappa shape index (κ1) is 18.9. The maximum absolute atomic E-state index is 12.4. The lowest BCUT2D eigenvalue weighted by atomic mass is 10.1. The number of anilines is 1. The Morgan fingerprint density at radius 3 is 2.56 bits per heavy atom. The second-order valence-corrected chi connectivity index (χ2v) is 7.06. The molecule has 1 aromatic carbocycles. The van der Waals surface area contributed by atoms with Crippen molar-refractivity contribution < 1.29 is 9.53 Å². The average molecular weight is 366 g/mol. The first-order chi connectivity index (χ1) is 12.8. The number of amides is 1. The summed E-state index contributed by atoms with van der Waals surface area (Å²) in [6, 6.07) is 9.39. The number of rotatable bonds is 6. The molecule has 0 bridgehead atoms. The van der Waals surface area contributed by atoms with Gasteiger partial charge < -0.3 is 10.1 Å². The molecule has 0 saturated carbocycles. The number of nitrogens with one attached hydrogen (secondary N) is 1. The van der Waals surface area contributed by atoms with Gasteiger partial charge in [0.15, 0.2) is 5.65 Å². The molecule has 6 nitrogen and oxygen atoms in total. The predicted molar refractivity (Wildman–Crippen MR) is 106 cm³/mol. The van der Waals surface area contributed by atoms with Gasteiger partial charge in [-0.2, -0.15) is 5.10 Å². The van der Waals surface area contributed by atoms with Crippen LogP contribution in [-0.4, -0.2) is 26.6 Å². The molecule has 1 N–H and O–H groups in total. The van der Waals surface area contributed by atoms with E-state index in [2.05, 4.69) is 15.4 Å². The van der Waals surface area contributed by atoms with Crippen molar-refractivity contribution in [2.75, 3.05) is 5.32 Å². The van der Waals surface area contributed by atoms with E-state index in [0.717, 1.165) is 39.7 Å². The van der Waals surface area contributed by atoms with E-state index in [1.54, 1.807) is 0 Å². The van der Waals surface area contributed by atoms with Gasteiger partial charge in [-0.05, 0) is 70.9 Å². The highest BCUT2D eigenvalue weighted by Crippen LogP contribution is 2.19. The van der Waals surface area contributed by atoms with E-state index in [4.69, 9.17) is 4.74 Å². The normalized spacial score (nSPS) is 11.2. The second kappa shape index (κ2) is 7.78. The maximum Gasteiger partial charge on any atom is 0.224 e. The van der Waals surface area contributed by atoms with Gasteiger partial charge in [0, 0.05) is 29.6 Å². The topological polar surface area (TPSA) is 68.5 Å².